The maximum absolute atomic E-state index is 11.3. The molecule has 0 aliphatic carbocycles. The summed E-state index contributed by atoms with van der Waals surface area (Å²) >= 11 is 0. The maximum Gasteiger partial charge on any atom is 0.304 e. The molecule has 5 nitrogen and oxygen atoms in total. The second-order valence-electron chi connectivity index (χ2n) is 3.60. The van der Waals surface area contributed by atoms with Crippen LogP contribution in [0.25, 0.3) is 0 Å². The molecule has 0 spiro atoms. The molecule has 0 radical (unpaired) electrons. The maximum atomic E-state index is 11.3. The molecule has 0 unspecified atom stereocenters. The van der Waals surface area contributed by atoms with E-state index in [4.69, 9.17) is 5.11 Å². The predicted molar refractivity (Wildman–Crippen MR) is 58.7 cm³/mol. The first-order valence-electron chi connectivity index (χ1n) is 4.98. The van der Waals surface area contributed by atoms with E-state index in [1.807, 2.05) is 6.92 Å². The monoisotopic (exact) mass is 237 g/mol. The molecule has 90 valence electrons. The molecular weight excluding hydrogens is 218 g/mol. The number of sulfone groups is 1. The van der Waals surface area contributed by atoms with E-state index in [1.165, 1.54) is 0 Å². The lowest BCUT2D eigenvalue weighted by Gasteiger charge is -2.14. The van der Waals surface area contributed by atoms with Gasteiger partial charge in [0.15, 0.2) is 9.84 Å². The number of carbonyl (C=O) groups is 1. The smallest absolute Gasteiger partial charge is 0.304 e. The van der Waals surface area contributed by atoms with Crippen molar-refractivity contribution in [2.75, 3.05) is 31.6 Å². The van der Waals surface area contributed by atoms with E-state index < -0.39 is 15.8 Å². The number of nitrogens with zero attached hydrogens (tertiary/aromatic N) is 1. The first kappa shape index (κ1) is 14.4. The number of carboxylic acid groups (broad SMARTS) is 1. The molecule has 0 aliphatic heterocycles. The molecule has 0 bridgehead atoms. The molecule has 0 saturated heterocycles. The third kappa shape index (κ3) is 8.38. The molecule has 15 heavy (non-hydrogen) atoms. The highest BCUT2D eigenvalue weighted by Crippen LogP contribution is 1.96. The van der Waals surface area contributed by atoms with Crippen molar-refractivity contribution in [3.05, 3.63) is 0 Å². The van der Waals surface area contributed by atoms with Crippen molar-refractivity contribution in [2.45, 2.75) is 19.8 Å². The van der Waals surface area contributed by atoms with Crippen molar-refractivity contribution >= 4 is 15.8 Å². The minimum atomic E-state index is -2.95. The highest BCUT2D eigenvalue weighted by Gasteiger charge is 2.11. The van der Waals surface area contributed by atoms with Gasteiger partial charge in [0.1, 0.15) is 0 Å². The van der Waals surface area contributed by atoms with Crippen molar-refractivity contribution in [3.8, 4) is 0 Å². The van der Waals surface area contributed by atoms with Gasteiger partial charge < -0.3 is 10.0 Å². The van der Waals surface area contributed by atoms with Crippen molar-refractivity contribution in [2.24, 2.45) is 0 Å². The molecule has 0 aromatic heterocycles. The first-order chi connectivity index (χ1) is 6.87. The lowest BCUT2D eigenvalue weighted by atomic mass is 10.4. The van der Waals surface area contributed by atoms with Gasteiger partial charge in [-0.3, -0.25) is 4.79 Å². The molecule has 0 fully saturated rings. The third-order valence-electron chi connectivity index (χ3n) is 2.01. The summed E-state index contributed by atoms with van der Waals surface area (Å²) in [6.45, 7) is 2.61. The van der Waals surface area contributed by atoms with Crippen LogP contribution in [0.3, 0.4) is 0 Å². The van der Waals surface area contributed by atoms with Crippen LogP contribution in [-0.4, -0.2) is 56.0 Å². The van der Waals surface area contributed by atoms with Crippen molar-refractivity contribution < 1.29 is 18.3 Å². The Morgan fingerprint density at radius 1 is 1.27 bits per heavy atom. The first-order valence-corrected chi connectivity index (χ1v) is 6.80. The molecule has 0 amide bonds. The van der Waals surface area contributed by atoms with Crippen LogP contribution in [0.4, 0.5) is 0 Å². The fourth-order valence-corrected chi connectivity index (χ4v) is 2.52. The Hall–Kier alpha value is -0.620. The van der Waals surface area contributed by atoms with Crippen LogP contribution in [-0.2, 0) is 14.6 Å². The van der Waals surface area contributed by atoms with Crippen LogP contribution >= 0.6 is 0 Å². The van der Waals surface area contributed by atoms with Gasteiger partial charge in [-0.15, -0.1) is 0 Å². The van der Waals surface area contributed by atoms with Gasteiger partial charge in [-0.2, -0.15) is 0 Å². The second kappa shape index (κ2) is 6.79. The van der Waals surface area contributed by atoms with Crippen LogP contribution in [0.5, 0.6) is 0 Å². The summed E-state index contributed by atoms with van der Waals surface area (Å²) in [4.78, 5) is 12.0. The molecule has 0 aliphatic rings. The lowest BCUT2D eigenvalue weighted by molar-refractivity contribution is -0.137. The molecule has 0 saturated carbocycles. The molecule has 0 aromatic rings. The molecule has 0 heterocycles. The Balaban J connectivity index is 3.80. The Labute approximate surface area is 91.0 Å². The minimum absolute atomic E-state index is 0.0460. The van der Waals surface area contributed by atoms with Crippen molar-refractivity contribution in [3.63, 3.8) is 0 Å². The highest BCUT2D eigenvalue weighted by atomic mass is 32.2. The fourth-order valence-electron chi connectivity index (χ4n) is 1.11. The van der Waals surface area contributed by atoms with E-state index >= 15 is 0 Å². The summed E-state index contributed by atoms with van der Waals surface area (Å²) in [7, 11) is -1.23. The molecule has 1 N–H and O–H groups in total. The van der Waals surface area contributed by atoms with E-state index in [0.29, 0.717) is 19.5 Å². The zero-order chi connectivity index (χ0) is 11.9. The van der Waals surface area contributed by atoms with E-state index in [2.05, 4.69) is 0 Å². The Kier molecular flexibility index (Phi) is 6.51. The second-order valence-corrected chi connectivity index (χ2v) is 5.90. The third-order valence-corrected chi connectivity index (χ3v) is 3.84. The van der Waals surface area contributed by atoms with Gasteiger partial charge in [-0.25, -0.2) is 8.42 Å². The van der Waals surface area contributed by atoms with Gasteiger partial charge >= 0.3 is 5.97 Å². The Morgan fingerprint density at radius 2 is 1.87 bits per heavy atom. The predicted octanol–water partition coefficient (Wildman–Crippen LogP) is 0.218. The molecular formula is C9H19NO4S. The summed E-state index contributed by atoms with van der Waals surface area (Å²) in [5.74, 6) is -0.547. The number of rotatable bonds is 8. The van der Waals surface area contributed by atoms with E-state index in [0.717, 1.165) is 0 Å². The van der Waals surface area contributed by atoms with Crippen molar-refractivity contribution in [1.29, 1.82) is 0 Å². The average Bonchev–Trinajstić information content (AvgIpc) is 2.11. The fraction of sp³-hybridized carbons (Fsp3) is 0.889. The lowest BCUT2D eigenvalue weighted by Crippen LogP contribution is -2.28. The zero-order valence-corrected chi connectivity index (χ0v) is 10.1. The standard InChI is InChI=1S/C9H19NO4S/c1-3-7-15(13,14)8-6-10(2)5-4-9(11)12/h3-8H2,1-2H3,(H,11,12). The Morgan fingerprint density at radius 3 is 2.33 bits per heavy atom. The van der Waals surface area contributed by atoms with Gasteiger partial charge in [0.05, 0.1) is 12.2 Å². The van der Waals surface area contributed by atoms with Gasteiger partial charge in [0.25, 0.3) is 0 Å². The van der Waals surface area contributed by atoms with E-state index in [-0.39, 0.29) is 17.9 Å². The average molecular weight is 237 g/mol. The van der Waals surface area contributed by atoms with Gasteiger partial charge in [-0.1, -0.05) is 6.92 Å². The summed E-state index contributed by atoms with van der Waals surface area (Å²) in [5, 5.41) is 8.43. The number of carboxylic acids is 1. The molecule has 0 aromatic carbocycles. The summed E-state index contributed by atoms with van der Waals surface area (Å²) in [6, 6.07) is 0. The molecule has 0 rings (SSSR count). The quantitative estimate of drug-likeness (QED) is 0.653. The molecule has 0 atom stereocenters. The van der Waals surface area contributed by atoms with Gasteiger partial charge in [0, 0.05) is 18.8 Å². The summed E-state index contributed by atoms with van der Waals surface area (Å²) in [5.41, 5.74) is 0. The van der Waals surface area contributed by atoms with Crippen LogP contribution in [0.15, 0.2) is 0 Å². The van der Waals surface area contributed by atoms with Crippen LogP contribution in [0, 0.1) is 0 Å². The normalized spacial score (nSPS) is 11.9. The number of hydrogen-bond donors (Lipinski definition) is 1. The zero-order valence-electron chi connectivity index (χ0n) is 9.27. The van der Waals surface area contributed by atoms with Crippen LogP contribution < -0.4 is 0 Å². The SMILES string of the molecule is CCCS(=O)(=O)CCN(C)CCC(=O)O. The summed E-state index contributed by atoms with van der Waals surface area (Å²) < 4.78 is 22.7. The Bertz CT molecular complexity index is 286. The number of hydrogen-bond acceptors (Lipinski definition) is 4. The van der Waals surface area contributed by atoms with E-state index in [1.54, 1.807) is 11.9 Å². The van der Waals surface area contributed by atoms with Crippen LogP contribution in [0.1, 0.15) is 19.8 Å². The largest absolute Gasteiger partial charge is 0.481 e. The van der Waals surface area contributed by atoms with Crippen molar-refractivity contribution in [1.82, 2.24) is 4.90 Å². The molecule has 6 heteroatoms. The minimum Gasteiger partial charge on any atom is -0.481 e. The van der Waals surface area contributed by atoms with Gasteiger partial charge in [0.2, 0.25) is 0 Å². The summed E-state index contributed by atoms with van der Waals surface area (Å²) in [6.07, 6.45) is 0.672. The van der Waals surface area contributed by atoms with Crippen LogP contribution in [0.2, 0.25) is 0 Å². The topological polar surface area (TPSA) is 74.7 Å². The van der Waals surface area contributed by atoms with Gasteiger partial charge in [-0.05, 0) is 13.5 Å². The van der Waals surface area contributed by atoms with E-state index in [9.17, 15) is 13.2 Å². The number of aliphatic carboxylic acids is 1. The highest BCUT2D eigenvalue weighted by molar-refractivity contribution is 7.91.